The van der Waals surface area contributed by atoms with E-state index < -0.39 is 0 Å². The van der Waals surface area contributed by atoms with Crippen LogP contribution in [0.1, 0.15) is 52.7 Å². The summed E-state index contributed by atoms with van der Waals surface area (Å²) in [6, 6.07) is 30.3. The van der Waals surface area contributed by atoms with E-state index in [0.29, 0.717) is 17.4 Å². The molecule has 4 aromatic carbocycles. The van der Waals surface area contributed by atoms with Crippen molar-refractivity contribution < 1.29 is 18.9 Å². The van der Waals surface area contributed by atoms with Crippen LogP contribution in [0, 0.1) is 5.92 Å². The van der Waals surface area contributed by atoms with Gasteiger partial charge in [0.05, 0.1) is 28.4 Å². The maximum Gasteiger partial charge on any atom is 0.162 e. The number of nitrogens with zero attached hydrogens (tertiary/aromatic N) is 2. The SMILES string of the molecule is COc1ccc(N(c2ccc(C(=CC(C)C)c3ccc(N(c4ccc(OC)c(OC)c4)C(C)C)cc3)cc2)C(C)C)cc1OC. The second kappa shape index (κ2) is 14.9. The van der Waals surface area contributed by atoms with Gasteiger partial charge in [-0.3, -0.25) is 0 Å². The molecule has 6 nitrogen and oxygen atoms in total. The van der Waals surface area contributed by atoms with Gasteiger partial charge in [0.25, 0.3) is 0 Å². The fourth-order valence-electron chi connectivity index (χ4n) is 5.74. The van der Waals surface area contributed by atoms with E-state index in [1.54, 1.807) is 28.4 Å². The molecule has 0 fully saturated rings. The molecule has 0 bridgehead atoms. The lowest BCUT2D eigenvalue weighted by molar-refractivity contribution is 0.355. The van der Waals surface area contributed by atoms with Gasteiger partial charge in [0.15, 0.2) is 23.0 Å². The van der Waals surface area contributed by atoms with E-state index in [-0.39, 0.29) is 12.1 Å². The van der Waals surface area contributed by atoms with Crippen LogP contribution in [0.25, 0.3) is 5.57 Å². The van der Waals surface area contributed by atoms with Crippen LogP contribution in [0.15, 0.2) is 91.0 Å². The van der Waals surface area contributed by atoms with Crippen LogP contribution in [0.5, 0.6) is 23.0 Å². The van der Waals surface area contributed by atoms with Crippen LogP contribution in [0.2, 0.25) is 0 Å². The van der Waals surface area contributed by atoms with E-state index in [2.05, 4.69) is 118 Å². The van der Waals surface area contributed by atoms with Crippen molar-refractivity contribution >= 4 is 28.3 Å². The Morgan fingerprint density at radius 1 is 0.467 bits per heavy atom. The molecule has 6 heteroatoms. The Balaban J connectivity index is 1.67. The lowest BCUT2D eigenvalue weighted by Crippen LogP contribution is -2.25. The van der Waals surface area contributed by atoms with Gasteiger partial charge in [-0.05, 0) is 98.8 Å². The molecule has 4 aromatic rings. The fraction of sp³-hybridized carbons (Fsp3) is 0.333. The van der Waals surface area contributed by atoms with Gasteiger partial charge >= 0.3 is 0 Å². The number of benzene rings is 4. The first kappa shape index (κ1) is 33.3. The Morgan fingerprint density at radius 2 is 0.800 bits per heavy atom. The number of hydrogen-bond donors (Lipinski definition) is 0. The normalized spacial score (nSPS) is 11.0. The van der Waals surface area contributed by atoms with Gasteiger partial charge in [0, 0.05) is 47.0 Å². The van der Waals surface area contributed by atoms with Gasteiger partial charge < -0.3 is 28.7 Å². The molecule has 0 aliphatic carbocycles. The number of methoxy groups -OCH3 is 4. The largest absolute Gasteiger partial charge is 0.493 e. The molecule has 0 N–H and O–H groups in total. The lowest BCUT2D eigenvalue weighted by atomic mass is 9.94. The average molecular weight is 609 g/mol. The maximum absolute atomic E-state index is 5.59. The van der Waals surface area contributed by atoms with Crippen LogP contribution in [-0.2, 0) is 0 Å². The van der Waals surface area contributed by atoms with E-state index in [0.717, 1.165) is 34.2 Å². The molecule has 4 rings (SSSR count). The third-order valence-corrected chi connectivity index (χ3v) is 7.74. The highest BCUT2D eigenvalue weighted by atomic mass is 16.5. The van der Waals surface area contributed by atoms with Gasteiger partial charge in [0.1, 0.15) is 0 Å². The van der Waals surface area contributed by atoms with Crippen LogP contribution in [0.4, 0.5) is 22.7 Å². The van der Waals surface area contributed by atoms with Crippen LogP contribution >= 0.6 is 0 Å². The van der Waals surface area contributed by atoms with E-state index in [1.165, 1.54) is 16.7 Å². The maximum atomic E-state index is 5.59. The van der Waals surface area contributed by atoms with Crippen molar-refractivity contribution in [1.29, 1.82) is 0 Å². The molecule has 0 spiro atoms. The molecular formula is C39H48N2O4. The number of ether oxygens (including phenoxy) is 4. The molecule has 0 heterocycles. The average Bonchev–Trinajstić information content (AvgIpc) is 3.04. The van der Waals surface area contributed by atoms with Gasteiger partial charge in [-0.2, -0.15) is 0 Å². The standard InChI is InChI=1S/C39H48N2O4/c1-26(2)23-35(29-11-15-31(16-12-29)40(27(3)4)33-19-21-36(42-7)38(24-33)44-9)30-13-17-32(18-14-30)41(28(5)6)34-20-22-37(43-8)39(25-34)45-10/h11-28H,1-10H3. The second-order valence-electron chi connectivity index (χ2n) is 11.9. The van der Waals surface area contributed by atoms with E-state index in [1.807, 2.05) is 24.3 Å². The first-order chi connectivity index (χ1) is 21.6. The highest BCUT2D eigenvalue weighted by Gasteiger charge is 2.19. The molecule has 238 valence electrons. The van der Waals surface area contributed by atoms with Crippen molar-refractivity contribution in [2.75, 3.05) is 38.2 Å². The molecule has 0 radical (unpaired) electrons. The first-order valence-corrected chi connectivity index (χ1v) is 15.6. The molecule has 0 aliphatic rings. The van der Waals surface area contributed by atoms with Gasteiger partial charge in [-0.25, -0.2) is 0 Å². The highest BCUT2D eigenvalue weighted by molar-refractivity contribution is 5.82. The van der Waals surface area contributed by atoms with Crippen LogP contribution in [-0.4, -0.2) is 40.5 Å². The molecule has 0 amide bonds. The van der Waals surface area contributed by atoms with Crippen molar-refractivity contribution in [3.63, 3.8) is 0 Å². The molecule has 0 saturated heterocycles. The van der Waals surface area contributed by atoms with E-state index in [4.69, 9.17) is 18.9 Å². The van der Waals surface area contributed by atoms with Gasteiger partial charge in [0.2, 0.25) is 0 Å². The number of hydrogen-bond acceptors (Lipinski definition) is 6. The lowest BCUT2D eigenvalue weighted by Gasteiger charge is -2.30. The smallest absolute Gasteiger partial charge is 0.162 e. The minimum Gasteiger partial charge on any atom is -0.493 e. The van der Waals surface area contributed by atoms with Crippen molar-refractivity contribution in [1.82, 2.24) is 0 Å². The summed E-state index contributed by atoms with van der Waals surface area (Å²) in [4.78, 5) is 4.61. The van der Waals surface area contributed by atoms with Crippen molar-refractivity contribution in [3.8, 4) is 23.0 Å². The fourth-order valence-corrected chi connectivity index (χ4v) is 5.74. The summed E-state index contributed by atoms with van der Waals surface area (Å²) in [5.74, 6) is 3.25. The second-order valence-corrected chi connectivity index (χ2v) is 11.9. The number of allylic oxidation sites excluding steroid dienone is 1. The van der Waals surface area contributed by atoms with Crippen molar-refractivity contribution in [2.24, 2.45) is 5.92 Å². The summed E-state index contributed by atoms with van der Waals surface area (Å²) in [7, 11) is 6.65. The Morgan fingerprint density at radius 3 is 1.09 bits per heavy atom. The summed E-state index contributed by atoms with van der Waals surface area (Å²) in [6.07, 6.45) is 2.34. The zero-order valence-electron chi connectivity index (χ0n) is 28.4. The molecule has 0 unspecified atom stereocenters. The Hall–Kier alpha value is -4.58. The minimum atomic E-state index is 0.238. The van der Waals surface area contributed by atoms with Crippen molar-refractivity contribution in [2.45, 2.75) is 53.6 Å². The topological polar surface area (TPSA) is 43.4 Å². The monoisotopic (exact) mass is 608 g/mol. The van der Waals surface area contributed by atoms with Gasteiger partial charge in [-0.1, -0.05) is 44.2 Å². The summed E-state index contributed by atoms with van der Waals surface area (Å²) in [5, 5.41) is 0. The van der Waals surface area contributed by atoms with E-state index in [9.17, 15) is 0 Å². The quantitative estimate of drug-likeness (QED) is 0.151. The molecule has 0 atom stereocenters. The molecule has 45 heavy (non-hydrogen) atoms. The highest BCUT2D eigenvalue weighted by Crippen LogP contribution is 2.38. The van der Waals surface area contributed by atoms with Crippen LogP contribution < -0.4 is 28.7 Å². The summed E-state index contributed by atoms with van der Waals surface area (Å²) < 4.78 is 22.1. The summed E-state index contributed by atoms with van der Waals surface area (Å²) in [6.45, 7) is 13.2. The number of rotatable bonds is 13. The molecule has 0 aromatic heterocycles. The zero-order valence-corrected chi connectivity index (χ0v) is 28.4. The zero-order chi connectivity index (χ0) is 32.7. The van der Waals surface area contributed by atoms with E-state index >= 15 is 0 Å². The molecular weight excluding hydrogens is 560 g/mol. The van der Waals surface area contributed by atoms with Crippen LogP contribution in [0.3, 0.4) is 0 Å². The predicted octanol–water partition coefficient (Wildman–Crippen LogP) is 9.90. The van der Waals surface area contributed by atoms with Gasteiger partial charge in [-0.15, -0.1) is 0 Å². The molecule has 0 saturated carbocycles. The third kappa shape index (κ3) is 7.56. The Labute approximate surface area is 269 Å². The summed E-state index contributed by atoms with van der Waals surface area (Å²) >= 11 is 0. The minimum absolute atomic E-state index is 0.238. The van der Waals surface area contributed by atoms with Crippen molar-refractivity contribution in [3.05, 3.63) is 102 Å². The Kier molecular flexibility index (Phi) is 11.1. The number of anilines is 4. The Bertz CT molecular complexity index is 1460. The predicted molar refractivity (Wildman–Crippen MR) is 188 cm³/mol. The molecule has 0 aliphatic heterocycles. The first-order valence-electron chi connectivity index (χ1n) is 15.6. The third-order valence-electron chi connectivity index (χ3n) is 7.74. The summed E-state index contributed by atoms with van der Waals surface area (Å²) in [5.41, 5.74) is 7.90.